The Hall–Kier alpha value is -4.70. The Morgan fingerprint density at radius 2 is 1.96 bits per heavy atom. The maximum Gasteiger partial charge on any atom is 0.302 e. The molecule has 6 heterocycles. The second-order valence-corrected chi connectivity index (χ2v) is 13.9. The fourth-order valence-electron chi connectivity index (χ4n) is 7.12. The van der Waals surface area contributed by atoms with Crippen LogP contribution in [0.25, 0.3) is 43.9 Å². The summed E-state index contributed by atoms with van der Waals surface area (Å²) in [5.41, 5.74) is 2.37. The van der Waals surface area contributed by atoms with Crippen LogP contribution in [0, 0.1) is 11.6 Å². The van der Waals surface area contributed by atoms with Gasteiger partial charge in [0.15, 0.2) is 0 Å². The monoisotopic (exact) mass is 736 g/mol. The number of alkyl halides is 2. The third-order valence-electron chi connectivity index (χ3n) is 9.48. The summed E-state index contributed by atoms with van der Waals surface area (Å²) in [6.45, 7) is 7.38. The van der Waals surface area contributed by atoms with Crippen molar-refractivity contribution in [3.8, 4) is 39.5 Å². The van der Waals surface area contributed by atoms with E-state index in [9.17, 15) is 14.3 Å². The molecule has 0 spiro atoms. The molecule has 0 unspecified atom stereocenters. The van der Waals surface area contributed by atoms with Gasteiger partial charge >= 0.3 is 5.92 Å². The summed E-state index contributed by atoms with van der Waals surface area (Å²) in [4.78, 5) is 25.3. The minimum absolute atomic E-state index is 0.0136. The summed E-state index contributed by atoms with van der Waals surface area (Å²) in [5, 5.41) is 16.8. The third-order valence-corrected chi connectivity index (χ3v) is 10.4. The Bertz CT molecular complexity index is 2190. The number of carbonyl (C=O) groups excluding carboxylic acids is 1. The Balaban J connectivity index is 1.48. The molecule has 2 aliphatic heterocycles. The highest BCUT2D eigenvalue weighted by atomic mass is 32.1. The number of amides is 1. The maximum absolute atomic E-state index is 16.2. The Morgan fingerprint density at radius 1 is 1.15 bits per heavy atom. The first-order valence-electron chi connectivity index (χ1n) is 16.7. The van der Waals surface area contributed by atoms with Gasteiger partial charge in [0, 0.05) is 61.6 Å². The lowest BCUT2D eigenvalue weighted by atomic mass is 9.94. The van der Waals surface area contributed by atoms with Crippen molar-refractivity contribution in [2.75, 3.05) is 46.6 Å². The number of pyridine rings is 2. The van der Waals surface area contributed by atoms with Crippen molar-refractivity contribution >= 4 is 27.3 Å². The second kappa shape index (κ2) is 14.0. The zero-order valence-electron chi connectivity index (χ0n) is 28.7. The molecule has 1 amide bonds. The topological polar surface area (TPSA) is 106 Å². The van der Waals surface area contributed by atoms with Crippen LogP contribution in [0.2, 0.25) is 0 Å². The lowest BCUT2D eigenvalue weighted by Gasteiger charge is -2.36. The number of hydrogen-bond acceptors (Lipinski definition) is 9. The Morgan fingerprint density at radius 3 is 2.71 bits per heavy atom. The summed E-state index contributed by atoms with van der Waals surface area (Å²) < 4.78 is 74.8. The summed E-state index contributed by atoms with van der Waals surface area (Å²) in [5.74, 6) is -5.24. The molecule has 1 aromatic carbocycles. The molecule has 272 valence electrons. The van der Waals surface area contributed by atoms with Gasteiger partial charge in [0.2, 0.25) is 5.91 Å². The minimum Gasteiger partial charge on any atom is -0.490 e. The molecule has 10 nitrogen and oxygen atoms in total. The highest BCUT2D eigenvalue weighted by molar-refractivity contribution is 7.17. The summed E-state index contributed by atoms with van der Waals surface area (Å²) in [7, 11) is 1.49. The van der Waals surface area contributed by atoms with E-state index in [1.165, 1.54) is 35.6 Å². The quantitative estimate of drug-likeness (QED) is 0.0956. The third kappa shape index (κ3) is 6.25. The van der Waals surface area contributed by atoms with Gasteiger partial charge < -0.3 is 19.5 Å². The molecular weight excluding hydrogens is 701 g/mol. The van der Waals surface area contributed by atoms with Gasteiger partial charge in [-0.25, -0.2) is 13.8 Å². The molecule has 0 bridgehead atoms. The predicted octanol–water partition coefficient (Wildman–Crippen LogP) is 6.74. The number of benzene rings is 1. The number of ether oxygens (including phenoxy) is 2. The van der Waals surface area contributed by atoms with E-state index in [-0.39, 0.29) is 73.6 Å². The largest absolute Gasteiger partial charge is 0.490 e. The number of aliphatic hydroxyl groups is 1. The summed E-state index contributed by atoms with van der Waals surface area (Å²) >= 11 is 1.32. The number of aliphatic hydroxyl groups excluding tert-OH is 1. The van der Waals surface area contributed by atoms with Gasteiger partial charge in [-0.2, -0.15) is 13.9 Å². The Kier molecular flexibility index (Phi) is 9.63. The van der Waals surface area contributed by atoms with Crippen LogP contribution in [0.4, 0.5) is 17.6 Å². The average molecular weight is 737 g/mol. The molecule has 2 aliphatic rings. The van der Waals surface area contributed by atoms with Gasteiger partial charge in [-0.05, 0) is 49.1 Å². The van der Waals surface area contributed by atoms with Crippen LogP contribution in [-0.2, 0) is 22.0 Å². The van der Waals surface area contributed by atoms with Gasteiger partial charge in [0.25, 0.3) is 0 Å². The van der Waals surface area contributed by atoms with E-state index in [1.54, 1.807) is 28.5 Å². The van der Waals surface area contributed by atoms with E-state index in [1.807, 2.05) is 18.5 Å². The zero-order valence-corrected chi connectivity index (χ0v) is 29.5. The molecule has 0 fully saturated rings. The van der Waals surface area contributed by atoms with Crippen LogP contribution in [-0.4, -0.2) is 87.1 Å². The normalized spacial score (nSPS) is 18.3. The van der Waals surface area contributed by atoms with E-state index in [4.69, 9.17) is 19.6 Å². The first-order valence-corrected chi connectivity index (χ1v) is 17.6. The first-order chi connectivity index (χ1) is 24.9. The minimum atomic E-state index is -3.23. The molecule has 0 radical (unpaired) electrons. The fourth-order valence-corrected chi connectivity index (χ4v) is 8.03. The molecule has 2 atom stereocenters. The molecule has 52 heavy (non-hydrogen) atoms. The maximum atomic E-state index is 16.2. The Labute approximate surface area is 300 Å². The van der Waals surface area contributed by atoms with Crippen molar-refractivity contribution in [1.82, 2.24) is 29.5 Å². The van der Waals surface area contributed by atoms with Gasteiger partial charge in [0.1, 0.15) is 41.1 Å². The van der Waals surface area contributed by atoms with E-state index in [0.29, 0.717) is 50.4 Å². The SMILES string of the molecule is C=CC(=O)N1C[C@H](C)n2nc(-c3nc(-c4cnc5c(c4)CN(CCO)CC5(F)F)c4sccc4c3-c3c(F)cc(F)cc3OCCOC)cc2[C@H]1C. The molecule has 15 heteroatoms. The molecule has 1 N–H and O–H groups in total. The van der Waals surface area contributed by atoms with E-state index in [0.717, 1.165) is 12.1 Å². The number of thiophene rings is 1. The van der Waals surface area contributed by atoms with Crippen molar-refractivity contribution in [2.45, 2.75) is 38.4 Å². The van der Waals surface area contributed by atoms with Crippen molar-refractivity contribution < 1.29 is 36.9 Å². The van der Waals surface area contributed by atoms with Crippen LogP contribution in [0.5, 0.6) is 5.75 Å². The molecular formula is C37H36F4N6O4S. The molecule has 0 aliphatic carbocycles. The lowest BCUT2D eigenvalue weighted by molar-refractivity contribution is -0.129. The first kappa shape index (κ1) is 35.7. The van der Waals surface area contributed by atoms with Crippen molar-refractivity contribution in [3.05, 3.63) is 83.1 Å². The number of carbonyl (C=O) groups is 1. The van der Waals surface area contributed by atoms with Gasteiger partial charge in [-0.3, -0.25) is 19.4 Å². The van der Waals surface area contributed by atoms with E-state index in [2.05, 4.69) is 11.6 Å². The molecule has 5 aromatic rings. The van der Waals surface area contributed by atoms with Crippen molar-refractivity contribution in [2.24, 2.45) is 0 Å². The zero-order chi connectivity index (χ0) is 36.9. The van der Waals surface area contributed by atoms with Crippen molar-refractivity contribution in [1.29, 1.82) is 0 Å². The number of methoxy groups -OCH3 is 1. The van der Waals surface area contributed by atoms with Crippen LogP contribution in [0.1, 0.15) is 42.9 Å². The number of halogens is 4. The number of nitrogens with zero attached hydrogens (tertiary/aromatic N) is 6. The van der Waals surface area contributed by atoms with Crippen molar-refractivity contribution in [3.63, 3.8) is 0 Å². The van der Waals surface area contributed by atoms with Crippen LogP contribution in [0.15, 0.2) is 54.6 Å². The van der Waals surface area contributed by atoms with Crippen LogP contribution in [0.3, 0.4) is 0 Å². The molecule has 4 aromatic heterocycles. The van der Waals surface area contributed by atoms with Crippen LogP contribution >= 0.6 is 11.3 Å². The summed E-state index contributed by atoms with van der Waals surface area (Å²) in [6, 6.07) is 6.48. The van der Waals surface area contributed by atoms with Crippen LogP contribution < -0.4 is 4.74 Å². The fraction of sp³-hybridized carbons (Fsp3) is 0.351. The van der Waals surface area contributed by atoms with E-state index < -0.39 is 24.1 Å². The lowest BCUT2D eigenvalue weighted by Crippen LogP contribution is -2.42. The summed E-state index contributed by atoms with van der Waals surface area (Å²) in [6.07, 6.45) is 2.62. The van der Waals surface area contributed by atoms with Gasteiger partial charge in [-0.15, -0.1) is 11.3 Å². The highest BCUT2D eigenvalue weighted by Crippen LogP contribution is 2.48. The highest BCUT2D eigenvalue weighted by Gasteiger charge is 2.42. The van der Waals surface area contributed by atoms with E-state index >= 15 is 13.2 Å². The standard InChI is InChI=1S/C37H36F4N6O4S/c1-5-30(49)46-17-20(2)47-28(21(46)3)15-27(44-47)34-31(32-26(39)13-24(38)14-29(32)51-10-9-50-4)25-6-11-52-35(25)33(43-34)22-12-23-18-45(7-8-48)19-37(40,41)36(23)42-16-22/h5-6,11-16,20-21,48H,1,7-10,17-19H2,2-4H3/t20-,21+/m0/s1. The number of fused-ring (bicyclic) bond motifs is 3. The number of rotatable bonds is 10. The molecule has 7 rings (SSSR count). The number of β-amino-alcohol motifs (C(OH)–C–C–N with tert-alkyl or cyclic N) is 1. The molecule has 0 saturated heterocycles. The molecule has 0 saturated carbocycles. The number of hydrogen-bond donors (Lipinski definition) is 1. The average Bonchev–Trinajstić information content (AvgIpc) is 3.78. The van der Waals surface area contributed by atoms with Gasteiger partial charge in [-0.1, -0.05) is 6.58 Å². The predicted molar refractivity (Wildman–Crippen MR) is 188 cm³/mol. The second-order valence-electron chi connectivity index (χ2n) is 12.9. The number of aromatic nitrogens is 4. The van der Waals surface area contributed by atoms with Gasteiger partial charge in [0.05, 0.1) is 53.5 Å². The smallest absolute Gasteiger partial charge is 0.302 e.